The Labute approximate surface area is 169 Å². The molecular formula is C19H19BrN2O6. The molecule has 2 unspecified atom stereocenters. The van der Waals surface area contributed by atoms with Gasteiger partial charge in [-0.2, -0.15) is 0 Å². The Morgan fingerprint density at radius 1 is 1.29 bits per heavy atom. The van der Waals surface area contributed by atoms with E-state index in [4.69, 9.17) is 19.6 Å². The van der Waals surface area contributed by atoms with Gasteiger partial charge in [0.1, 0.15) is 11.2 Å². The first-order valence-corrected chi connectivity index (χ1v) is 9.51. The number of hydrogen-bond donors (Lipinski definition) is 2. The normalized spacial score (nSPS) is 23.2. The minimum atomic E-state index is -1.82. The molecule has 0 saturated carbocycles. The zero-order valence-corrected chi connectivity index (χ0v) is 17.1. The molecule has 3 rings (SSSR count). The largest absolute Gasteiger partial charge is 0.465 e. The first-order valence-electron chi connectivity index (χ1n) is 8.71. The molecule has 0 aromatic heterocycles. The molecule has 0 fully saturated rings. The van der Waals surface area contributed by atoms with Crippen molar-refractivity contribution in [3.8, 4) is 0 Å². The van der Waals surface area contributed by atoms with Crippen molar-refractivity contribution < 1.29 is 28.6 Å². The number of carbonyl (C=O) groups is 3. The van der Waals surface area contributed by atoms with E-state index in [1.807, 2.05) is 0 Å². The number of esters is 2. The molecule has 28 heavy (non-hydrogen) atoms. The molecule has 0 saturated heterocycles. The molecule has 1 aromatic carbocycles. The van der Waals surface area contributed by atoms with Crippen LogP contribution >= 0.6 is 15.9 Å². The highest BCUT2D eigenvalue weighted by atomic mass is 79.9. The van der Waals surface area contributed by atoms with Gasteiger partial charge in [-0.05, 0) is 44.5 Å². The van der Waals surface area contributed by atoms with Crippen LogP contribution in [0.25, 0.3) is 0 Å². The van der Waals surface area contributed by atoms with Gasteiger partial charge in [0.15, 0.2) is 5.92 Å². The summed E-state index contributed by atoms with van der Waals surface area (Å²) in [4.78, 5) is 39.0. The Kier molecular flexibility index (Phi) is 5.29. The number of rotatable bonds is 4. The molecule has 2 heterocycles. The van der Waals surface area contributed by atoms with Gasteiger partial charge in [-0.1, -0.05) is 15.9 Å². The second-order valence-electron chi connectivity index (χ2n) is 6.26. The Balaban J connectivity index is 2.38. The molecule has 2 aliphatic rings. The third-order valence-electron chi connectivity index (χ3n) is 4.72. The molecule has 8 nitrogen and oxygen atoms in total. The molecule has 1 aromatic rings. The van der Waals surface area contributed by atoms with E-state index in [1.54, 1.807) is 32.0 Å². The molecule has 148 valence electrons. The van der Waals surface area contributed by atoms with Gasteiger partial charge in [0, 0.05) is 10.2 Å². The minimum Gasteiger partial charge on any atom is -0.465 e. The predicted octanol–water partition coefficient (Wildman–Crippen LogP) is 2.66. The summed E-state index contributed by atoms with van der Waals surface area (Å²) < 4.78 is 16.3. The van der Waals surface area contributed by atoms with E-state index in [0.717, 1.165) is 0 Å². The summed E-state index contributed by atoms with van der Waals surface area (Å²) in [6, 6.07) is 5.03. The molecule has 0 bridgehead atoms. The average Bonchev–Trinajstić information content (AvgIpc) is 2.87. The van der Waals surface area contributed by atoms with Gasteiger partial charge in [-0.3, -0.25) is 15.0 Å². The molecule has 2 N–H and O–H groups in total. The van der Waals surface area contributed by atoms with Crippen molar-refractivity contribution in [2.24, 2.45) is 5.92 Å². The predicted molar refractivity (Wildman–Crippen MR) is 103 cm³/mol. The van der Waals surface area contributed by atoms with Crippen molar-refractivity contribution in [1.82, 2.24) is 0 Å². The molecular weight excluding hydrogens is 432 g/mol. The first-order chi connectivity index (χ1) is 13.3. The van der Waals surface area contributed by atoms with Crippen LogP contribution in [-0.4, -0.2) is 37.0 Å². The topological polar surface area (TPSA) is 115 Å². The van der Waals surface area contributed by atoms with Crippen LogP contribution in [-0.2, 0) is 34.0 Å². The summed E-state index contributed by atoms with van der Waals surface area (Å²) in [6.45, 7) is 4.83. The smallest absolute Gasteiger partial charge is 0.338 e. The van der Waals surface area contributed by atoms with E-state index in [1.165, 1.54) is 6.92 Å². The number of halogens is 1. The van der Waals surface area contributed by atoms with Crippen LogP contribution in [0.2, 0.25) is 0 Å². The lowest BCUT2D eigenvalue weighted by atomic mass is 9.64. The minimum absolute atomic E-state index is 0.0342. The Hall–Kier alpha value is -2.68. The summed E-state index contributed by atoms with van der Waals surface area (Å²) in [5, 5.41) is 11.0. The van der Waals surface area contributed by atoms with Crippen LogP contribution in [0.15, 0.2) is 34.0 Å². The third-order valence-corrected chi connectivity index (χ3v) is 5.21. The monoisotopic (exact) mass is 450 g/mol. The number of amides is 1. The lowest BCUT2D eigenvalue weighted by Gasteiger charge is -2.39. The summed E-state index contributed by atoms with van der Waals surface area (Å²) >= 11 is 3.37. The Morgan fingerprint density at radius 3 is 2.61 bits per heavy atom. The van der Waals surface area contributed by atoms with Gasteiger partial charge in [0.05, 0.1) is 18.8 Å². The van der Waals surface area contributed by atoms with Gasteiger partial charge in [-0.15, -0.1) is 0 Å². The van der Waals surface area contributed by atoms with Crippen LogP contribution in [0.1, 0.15) is 26.3 Å². The standard InChI is InChI=1S/C19H19BrN2O6/c1-4-26-16(23)13-9(3)28-15(21)14(17(24)27-5-2)19(13)11-8-10(20)6-7-12(11)22-18(19)25/h6-8,14,21H,4-5H2,1-3H3,(H,22,25). The third kappa shape index (κ3) is 2.81. The molecule has 0 aliphatic carbocycles. The number of hydrogen-bond acceptors (Lipinski definition) is 7. The molecule has 2 aliphatic heterocycles. The Bertz CT molecular complexity index is 925. The van der Waals surface area contributed by atoms with Crippen molar-refractivity contribution in [1.29, 1.82) is 5.41 Å². The van der Waals surface area contributed by atoms with Gasteiger partial charge in [-0.25, -0.2) is 4.79 Å². The fraction of sp³-hybridized carbons (Fsp3) is 0.368. The van der Waals surface area contributed by atoms with Crippen LogP contribution in [0.4, 0.5) is 5.69 Å². The number of nitrogens with one attached hydrogen (secondary N) is 2. The maximum Gasteiger partial charge on any atom is 0.338 e. The zero-order valence-electron chi connectivity index (χ0n) is 15.6. The Morgan fingerprint density at radius 2 is 1.96 bits per heavy atom. The summed E-state index contributed by atoms with van der Waals surface area (Å²) in [5.41, 5.74) is -1.12. The molecule has 9 heteroatoms. The second kappa shape index (κ2) is 7.38. The number of benzene rings is 1. The maximum atomic E-state index is 13.3. The van der Waals surface area contributed by atoms with E-state index in [-0.39, 0.29) is 24.5 Å². The highest BCUT2D eigenvalue weighted by Crippen LogP contribution is 2.53. The number of anilines is 1. The summed E-state index contributed by atoms with van der Waals surface area (Å²) in [6.07, 6.45) is 0. The number of fused-ring (bicyclic) bond motifs is 2. The SMILES string of the molecule is CCOC(=O)C1=C(C)OC(=N)C(C(=O)OCC)C12C(=O)Nc1ccc(Br)cc12. The van der Waals surface area contributed by atoms with Crippen molar-refractivity contribution in [3.05, 3.63) is 39.6 Å². The van der Waals surface area contributed by atoms with E-state index >= 15 is 0 Å². The summed E-state index contributed by atoms with van der Waals surface area (Å²) in [5.74, 6) is -4.13. The highest BCUT2D eigenvalue weighted by molar-refractivity contribution is 9.10. The zero-order chi connectivity index (χ0) is 20.6. The van der Waals surface area contributed by atoms with E-state index in [2.05, 4.69) is 21.2 Å². The second-order valence-corrected chi connectivity index (χ2v) is 7.17. The van der Waals surface area contributed by atoms with Crippen LogP contribution in [0, 0.1) is 11.3 Å². The fourth-order valence-corrected chi connectivity index (χ4v) is 4.10. The quantitative estimate of drug-likeness (QED) is 0.681. The molecule has 1 spiro atoms. The fourth-order valence-electron chi connectivity index (χ4n) is 3.74. The van der Waals surface area contributed by atoms with Gasteiger partial charge < -0.3 is 19.5 Å². The van der Waals surface area contributed by atoms with Crippen LogP contribution < -0.4 is 5.32 Å². The van der Waals surface area contributed by atoms with Gasteiger partial charge in [0.25, 0.3) is 0 Å². The summed E-state index contributed by atoms with van der Waals surface area (Å²) in [7, 11) is 0. The van der Waals surface area contributed by atoms with Gasteiger partial charge in [0.2, 0.25) is 11.8 Å². The maximum absolute atomic E-state index is 13.3. The first kappa shape index (κ1) is 20.1. The lowest BCUT2D eigenvalue weighted by molar-refractivity contribution is -0.151. The number of carbonyl (C=O) groups excluding carboxylic acids is 3. The lowest BCUT2D eigenvalue weighted by Crippen LogP contribution is -2.55. The average molecular weight is 451 g/mol. The van der Waals surface area contributed by atoms with Gasteiger partial charge >= 0.3 is 11.9 Å². The van der Waals surface area contributed by atoms with E-state index < -0.39 is 35.1 Å². The number of ether oxygens (including phenoxy) is 3. The molecule has 2 atom stereocenters. The van der Waals surface area contributed by atoms with Crippen LogP contribution in [0.3, 0.4) is 0 Å². The van der Waals surface area contributed by atoms with E-state index in [0.29, 0.717) is 15.7 Å². The molecule has 1 amide bonds. The van der Waals surface area contributed by atoms with E-state index in [9.17, 15) is 14.4 Å². The van der Waals surface area contributed by atoms with Crippen LogP contribution in [0.5, 0.6) is 0 Å². The van der Waals surface area contributed by atoms with Crippen molar-refractivity contribution in [2.45, 2.75) is 26.2 Å². The highest BCUT2D eigenvalue weighted by Gasteiger charge is 2.65. The van der Waals surface area contributed by atoms with Crippen molar-refractivity contribution in [2.75, 3.05) is 18.5 Å². The van der Waals surface area contributed by atoms with Crippen molar-refractivity contribution >= 4 is 45.4 Å². The molecule has 0 radical (unpaired) electrons. The van der Waals surface area contributed by atoms with Crippen molar-refractivity contribution in [3.63, 3.8) is 0 Å². The number of allylic oxidation sites excluding steroid dienone is 1.